The highest BCUT2D eigenvalue weighted by molar-refractivity contribution is 6.35. The number of hydrogen-bond donors (Lipinski definition) is 2. The van der Waals surface area contributed by atoms with Gasteiger partial charge in [-0.05, 0) is 55.7 Å². The van der Waals surface area contributed by atoms with E-state index in [1.807, 2.05) is 80.6 Å². The number of para-hydroxylation sites is 1. The minimum absolute atomic E-state index is 0.161. The molecule has 1 aliphatic rings. The average Bonchev–Trinajstić information content (AvgIpc) is 3.99. The van der Waals surface area contributed by atoms with Crippen molar-refractivity contribution in [3.05, 3.63) is 119 Å². The van der Waals surface area contributed by atoms with Crippen LogP contribution in [0.5, 0.6) is 0 Å². The number of aryl methyl sites for hydroxylation is 3. The molecule has 14 heteroatoms. The maximum Gasteiger partial charge on any atom is 0.328 e. The number of fused-ring (bicyclic) bond motifs is 2. The number of aromatic nitrogens is 7. The van der Waals surface area contributed by atoms with Crippen LogP contribution < -0.4 is 5.32 Å². The van der Waals surface area contributed by atoms with Crippen molar-refractivity contribution in [2.75, 3.05) is 19.0 Å². The predicted molar refractivity (Wildman–Crippen MR) is 204 cm³/mol. The summed E-state index contributed by atoms with van der Waals surface area (Å²) >= 11 is 6.56. The summed E-state index contributed by atoms with van der Waals surface area (Å²) in [4.78, 5) is 49.6. The highest BCUT2D eigenvalue weighted by Gasteiger charge is 2.41. The third-order valence-electron chi connectivity index (χ3n) is 9.96. The van der Waals surface area contributed by atoms with Gasteiger partial charge in [-0.2, -0.15) is 5.10 Å². The lowest BCUT2D eigenvalue weighted by Gasteiger charge is -2.22. The number of hydrogen-bond acceptors (Lipinski definition) is 8. The van der Waals surface area contributed by atoms with Crippen molar-refractivity contribution in [1.82, 2.24) is 39.5 Å². The molecule has 2 atom stereocenters. The molecule has 8 rings (SSSR count). The minimum atomic E-state index is -0.759. The first-order valence-corrected chi connectivity index (χ1v) is 17.9. The summed E-state index contributed by atoms with van der Waals surface area (Å²) in [6, 6.07) is 23.8. The van der Waals surface area contributed by atoms with E-state index in [1.165, 1.54) is 13.3 Å². The fourth-order valence-electron chi connectivity index (χ4n) is 7.31. The molecule has 0 bridgehead atoms. The van der Waals surface area contributed by atoms with Gasteiger partial charge in [-0.3, -0.25) is 9.59 Å². The summed E-state index contributed by atoms with van der Waals surface area (Å²) in [6.07, 6.45) is 4.27. The number of esters is 1. The van der Waals surface area contributed by atoms with E-state index in [0.29, 0.717) is 40.5 Å². The molecule has 0 saturated carbocycles. The number of H-pyrrole nitrogens is 1. The van der Waals surface area contributed by atoms with Gasteiger partial charge < -0.3 is 19.9 Å². The van der Waals surface area contributed by atoms with Crippen molar-refractivity contribution in [3.63, 3.8) is 0 Å². The lowest BCUT2D eigenvalue weighted by Crippen LogP contribution is -2.41. The fraction of sp³-hybridized carbons (Fsp3) is 0.225. The van der Waals surface area contributed by atoms with Crippen molar-refractivity contribution >= 4 is 51.6 Å². The summed E-state index contributed by atoms with van der Waals surface area (Å²) in [7, 11) is 1.33. The van der Waals surface area contributed by atoms with E-state index in [2.05, 4.69) is 30.7 Å². The third-order valence-corrected chi connectivity index (χ3v) is 10.3. The molecule has 0 spiro atoms. The molecule has 1 fully saturated rings. The van der Waals surface area contributed by atoms with Gasteiger partial charge in [0.05, 0.1) is 36.1 Å². The van der Waals surface area contributed by atoms with Crippen molar-refractivity contribution in [2.24, 2.45) is 0 Å². The van der Waals surface area contributed by atoms with Crippen LogP contribution in [-0.4, -0.2) is 77.0 Å². The SMILES string of the molecule is COC(=O)[C@@H]1C[C@@H](n2cc(-c3ccc(NC(=O)c4cnn5c(C)cc(C)nc45)cc3)nn2)CN1C(=O)CCc1c(-c2ccccc2)[nH]c2c(Cl)cccc12. The third kappa shape index (κ3) is 6.47. The second kappa shape index (κ2) is 14.2. The van der Waals surface area contributed by atoms with Crippen molar-refractivity contribution < 1.29 is 19.1 Å². The molecule has 13 nitrogen and oxygen atoms in total. The van der Waals surface area contributed by atoms with Crippen molar-refractivity contribution in [1.29, 1.82) is 0 Å². The summed E-state index contributed by atoms with van der Waals surface area (Å²) in [6.45, 7) is 4.06. The number of rotatable bonds is 9. The van der Waals surface area contributed by atoms with Crippen LogP contribution in [0.3, 0.4) is 0 Å². The van der Waals surface area contributed by atoms with E-state index in [-0.39, 0.29) is 30.8 Å². The number of likely N-dealkylation sites (tertiary alicyclic amines) is 1. The van der Waals surface area contributed by atoms with Crippen LogP contribution in [0.25, 0.3) is 39.1 Å². The van der Waals surface area contributed by atoms with Gasteiger partial charge in [-0.1, -0.05) is 71.4 Å². The molecule has 4 aromatic heterocycles. The van der Waals surface area contributed by atoms with Crippen LogP contribution in [0.4, 0.5) is 5.69 Å². The Kier molecular flexibility index (Phi) is 9.16. The van der Waals surface area contributed by atoms with E-state index in [1.54, 1.807) is 32.4 Å². The molecule has 7 aromatic rings. The Balaban J connectivity index is 0.964. The molecule has 0 aliphatic carbocycles. The van der Waals surface area contributed by atoms with Crippen LogP contribution in [0.2, 0.25) is 5.02 Å². The molecule has 1 aliphatic heterocycles. The lowest BCUT2D eigenvalue weighted by molar-refractivity contribution is -0.150. The lowest BCUT2D eigenvalue weighted by atomic mass is 10.0. The minimum Gasteiger partial charge on any atom is -0.467 e. The van der Waals surface area contributed by atoms with Gasteiger partial charge in [-0.15, -0.1) is 5.10 Å². The molecule has 5 heterocycles. The Morgan fingerprint density at radius 3 is 2.57 bits per heavy atom. The molecule has 0 unspecified atom stereocenters. The standard InChI is InChI=1S/C40H36ClN9O4/c1-23-18-24(2)50-38(43-23)31(20-42-50)39(52)44-27-14-12-25(13-15-27)33-22-49(47-46-33)28-19-34(40(53)54-3)48(21-28)35(51)17-16-30-29-10-7-11-32(41)37(29)45-36(30)26-8-5-4-6-9-26/h4-15,18,20,22,28,34,45H,16-17,19,21H2,1-3H3,(H,44,52)/t28-,34+/m1/s1. The van der Waals surface area contributed by atoms with E-state index in [4.69, 9.17) is 16.3 Å². The number of nitrogens with zero attached hydrogens (tertiary/aromatic N) is 7. The first kappa shape index (κ1) is 34.7. The Labute approximate surface area is 314 Å². The second-order valence-corrected chi connectivity index (χ2v) is 13.8. The van der Waals surface area contributed by atoms with Crippen molar-refractivity contribution in [3.8, 4) is 22.5 Å². The van der Waals surface area contributed by atoms with Gasteiger partial charge in [0.25, 0.3) is 5.91 Å². The summed E-state index contributed by atoms with van der Waals surface area (Å²) in [5.41, 5.74) is 8.26. The van der Waals surface area contributed by atoms with Crippen LogP contribution in [0.1, 0.15) is 46.2 Å². The molecule has 0 radical (unpaired) electrons. The van der Waals surface area contributed by atoms with Crippen molar-refractivity contribution in [2.45, 2.75) is 45.2 Å². The number of amides is 2. The Bertz CT molecular complexity index is 2540. The highest BCUT2D eigenvalue weighted by Crippen LogP contribution is 2.36. The second-order valence-electron chi connectivity index (χ2n) is 13.4. The molecule has 1 saturated heterocycles. The van der Waals surface area contributed by atoms with Crippen LogP contribution >= 0.6 is 11.6 Å². The Hall–Kier alpha value is -6.34. The first-order chi connectivity index (χ1) is 26.2. The van der Waals surface area contributed by atoms with Gasteiger partial charge >= 0.3 is 5.97 Å². The number of benzene rings is 3. The highest BCUT2D eigenvalue weighted by atomic mass is 35.5. The normalized spacial score (nSPS) is 15.6. The maximum absolute atomic E-state index is 13.9. The topological polar surface area (TPSA) is 152 Å². The molecule has 2 N–H and O–H groups in total. The predicted octanol–water partition coefficient (Wildman–Crippen LogP) is 6.61. The van der Waals surface area contributed by atoms with E-state index in [0.717, 1.165) is 44.7 Å². The van der Waals surface area contributed by atoms with E-state index < -0.39 is 12.0 Å². The average molecular weight is 742 g/mol. The zero-order valence-electron chi connectivity index (χ0n) is 29.8. The number of halogens is 1. The molecule has 54 heavy (non-hydrogen) atoms. The van der Waals surface area contributed by atoms with Gasteiger partial charge in [0.2, 0.25) is 5.91 Å². The Morgan fingerprint density at radius 1 is 1.00 bits per heavy atom. The number of anilines is 1. The Morgan fingerprint density at radius 2 is 1.80 bits per heavy atom. The monoisotopic (exact) mass is 741 g/mol. The molecule has 2 amide bonds. The first-order valence-electron chi connectivity index (χ1n) is 17.6. The van der Waals surface area contributed by atoms with E-state index >= 15 is 0 Å². The number of carbonyl (C=O) groups is 3. The molecular formula is C40H36ClN9O4. The number of methoxy groups -OCH3 is 1. The summed E-state index contributed by atoms with van der Waals surface area (Å²) in [5, 5.41) is 17.6. The smallest absolute Gasteiger partial charge is 0.328 e. The number of carbonyl (C=O) groups excluding carboxylic acids is 3. The van der Waals surface area contributed by atoms with Gasteiger partial charge in [0, 0.05) is 53.1 Å². The summed E-state index contributed by atoms with van der Waals surface area (Å²) in [5.74, 6) is -0.951. The maximum atomic E-state index is 13.9. The van der Waals surface area contributed by atoms with Crippen LogP contribution in [-0.2, 0) is 20.7 Å². The summed E-state index contributed by atoms with van der Waals surface area (Å²) < 4.78 is 8.47. The fourth-order valence-corrected chi connectivity index (χ4v) is 7.53. The van der Waals surface area contributed by atoms with Crippen LogP contribution in [0, 0.1) is 13.8 Å². The number of aromatic amines is 1. The zero-order chi connectivity index (χ0) is 37.5. The molecule has 272 valence electrons. The van der Waals surface area contributed by atoms with E-state index in [9.17, 15) is 14.4 Å². The van der Waals surface area contributed by atoms with Gasteiger partial charge in [0.15, 0.2) is 5.65 Å². The zero-order valence-corrected chi connectivity index (χ0v) is 30.5. The quantitative estimate of drug-likeness (QED) is 0.157. The molecular weight excluding hydrogens is 706 g/mol. The van der Waals surface area contributed by atoms with Gasteiger partial charge in [-0.25, -0.2) is 19.0 Å². The number of ether oxygens (including phenoxy) is 1. The number of nitrogens with one attached hydrogen (secondary N) is 2. The molecule has 3 aromatic carbocycles. The van der Waals surface area contributed by atoms with Crippen LogP contribution in [0.15, 0.2) is 91.3 Å². The van der Waals surface area contributed by atoms with Gasteiger partial charge in [0.1, 0.15) is 17.3 Å². The largest absolute Gasteiger partial charge is 0.467 e.